The van der Waals surface area contributed by atoms with Crippen molar-refractivity contribution in [2.24, 2.45) is 5.92 Å². The van der Waals surface area contributed by atoms with E-state index in [2.05, 4.69) is 4.90 Å². The molecule has 4 aliphatic rings. The molecular formula is C36H41NO11. The van der Waals surface area contributed by atoms with E-state index in [0.29, 0.717) is 36.4 Å². The molecule has 1 N–H and O–H groups in total. The summed E-state index contributed by atoms with van der Waals surface area (Å²) in [4.78, 5) is 54.0. The minimum absolute atomic E-state index is 0.0493. The van der Waals surface area contributed by atoms with Crippen molar-refractivity contribution < 1.29 is 52.7 Å². The molecule has 1 spiro atoms. The number of likely N-dealkylation sites (N-methyl/N-ethyl adjacent to an activating group) is 1. The zero-order chi connectivity index (χ0) is 34.4. The maximum Gasteiger partial charge on any atom is 0.357 e. The van der Waals surface area contributed by atoms with Crippen LogP contribution in [0.5, 0.6) is 11.5 Å². The van der Waals surface area contributed by atoms with Crippen LogP contribution in [0.15, 0.2) is 54.3 Å². The van der Waals surface area contributed by atoms with Gasteiger partial charge in [0.1, 0.15) is 5.76 Å². The van der Waals surface area contributed by atoms with Gasteiger partial charge < -0.3 is 38.4 Å². The van der Waals surface area contributed by atoms with Gasteiger partial charge in [-0.25, -0.2) is 9.59 Å². The molecule has 2 aromatic rings. The lowest BCUT2D eigenvalue weighted by Crippen LogP contribution is -2.74. The molecule has 0 radical (unpaired) electrons. The topological polar surface area (TPSA) is 147 Å². The molecule has 12 nitrogen and oxygen atoms in total. The summed E-state index contributed by atoms with van der Waals surface area (Å²) in [5.41, 5.74) is 0.0867. The van der Waals surface area contributed by atoms with Gasteiger partial charge in [0.05, 0.1) is 31.2 Å². The van der Waals surface area contributed by atoms with Gasteiger partial charge in [-0.2, -0.15) is 0 Å². The van der Waals surface area contributed by atoms with E-state index >= 15 is 0 Å². The molecule has 6 rings (SSSR count). The molecule has 0 amide bonds. The molecule has 0 aromatic heterocycles. The molecule has 1 saturated heterocycles. The highest BCUT2D eigenvalue weighted by Crippen LogP contribution is 2.65. The number of hydrogen-bond acceptors (Lipinski definition) is 12. The lowest BCUT2D eigenvalue weighted by atomic mass is 9.50. The number of carbonyl (C=O) groups is 4. The number of nitrogens with zero attached hydrogens (tertiary/aromatic N) is 1. The van der Waals surface area contributed by atoms with Crippen LogP contribution in [0.3, 0.4) is 0 Å². The molecule has 1 fully saturated rings. The van der Waals surface area contributed by atoms with Crippen LogP contribution < -0.4 is 9.47 Å². The van der Waals surface area contributed by atoms with Crippen molar-refractivity contribution in [3.8, 4) is 11.5 Å². The Balaban J connectivity index is 1.30. The van der Waals surface area contributed by atoms with Gasteiger partial charge in [0.2, 0.25) is 12.2 Å². The number of esters is 4. The van der Waals surface area contributed by atoms with Crippen molar-refractivity contribution in [3.05, 3.63) is 71.0 Å². The van der Waals surface area contributed by atoms with E-state index in [4.69, 9.17) is 28.4 Å². The Morgan fingerprint density at radius 2 is 1.81 bits per heavy atom. The Kier molecular flexibility index (Phi) is 8.99. The van der Waals surface area contributed by atoms with Crippen molar-refractivity contribution in [2.75, 3.05) is 27.3 Å². The normalized spacial score (nSPS) is 26.3. The minimum Gasteiger partial charge on any atom is -0.493 e. The third-order valence-electron chi connectivity index (χ3n) is 9.83. The maximum absolute atomic E-state index is 14.1. The molecule has 6 atom stereocenters. The monoisotopic (exact) mass is 663 g/mol. The van der Waals surface area contributed by atoms with E-state index in [1.54, 1.807) is 43.5 Å². The zero-order valence-corrected chi connectivity index (χ0v) is 27.7. The van der Waals surface area contributed by atoms with Crippen molar-refractivity contribution >= 4 is 23.9 Å². The molecule has 2 aliphatic carbocycles. The minimum atomic E-state index is -1.65. The predicted octanol–water partition coefficient (Wildman–Crippen LogP) is 3.32. The molecule has 48 heavy (non-hydrogen) atoms. The van der Waals surface area contributed by atoms with E-state index in [1.807, 2.05) is 33.0 Å². The van der Waals surface area contributed by atoms with Gasteiger partial charge in [0.25, 0.3) is 0 Å². The maximum atomic E-state index is 14.1. The Morgan fingerprint density at radius 1 is 1.06 bits per heavy atom. The van der Waals surface area contributed by atoms with Gasteiger partial charge in [-0.05, 0) is 50.1 Å². The first-order chi connectivity index (χ1) is 22.9. The van der Waals surface area contributed by atoms with Crippen LogP contribution in [0.4, 0.5) is 0 Å². The molecular weight excluding hydrogens is 622 g/mol. The van der Waals surface area contributed by atoms with Gasteiger partial charge in [0, 0.05) is 30.5 Å². The fourth-order valence-corrected chi connectivity index (χ4v) is 7.67. The molecule has 0 unspecified atom stereocenters. The summed E-state index contributed by atoms with van der Waals surface area (Å²) < 4.78 is 34.3. The average molecular weight is 664 g/mol. The van der Waals surface area contributed by atoms with Crippen LogP contribution >= 0.6 is 0 Å². The van der Waals surface area contributed by atoms with Crippen molar-refractivity contribution in [1.82, 2.24) is 4.90 Å². The van der Waals surface area contributed by atoms with Crippen molar-refractivity contribution in [3.63, 3.8) is 0 Å². The molecule has 2 aromatic carbocycles. The second kappa shape index (κ2) is 12.9. The van der Waals surface area contributed by atoms with E-state index in [0.717, 1.165) is 18.1 Å². The van der Waals surface area contributed by atoms with Gasteiger partial charge in [-0.15, -0.1) is 0 Å². The highest BCUT2D eigenvalue weighted by Gasteiger charge is 2.72. The van der Waals surface area contributed by atoms with Gasteiger partial charge >= 0.3 is 23.9 Å². The molecule has 2 heterocycles. The van der Waals surface area contributed by atoms with Crippen LogP contribution in [0.1, 0.15) is 62.8 Å². The van der Waals surface area contributed by atoms with Gasteiger partial charge in [-0.3, -0.25) is 9.59 Å². The van der Waals surface area contributed by atoms with E-state index in [9.17, 15) is 24.3 Å². The Morgan fingerprint density at radius 3 is 2.50 bits per heavy atom. The predicted molar refractivity (Wildman–Crippen MR) is 169 cm³/mol. The van der Waals surface area contributed by atoms with Gasteiger partial charge in [-0.1, -0.05) is 50.2 Å². The average Bonchev–Trinajstić information content (AvgIpc) is 3.41. The number of rotatable bonds is 11. The number of ether oxygens (including phenoxy) is 6. The first-order valence-electron chi connectivity index (χ1n) is 16.2. The quantitative estimate of drug-likeness (QED) is 0.278. The van der Waals surface area contributed by atoms with Crippen LogP contribution in [0.2, 0.25) is 0 Å². The third-order valence-corrected chi connectivity index (χ3v) is 9.83. The van der Waals surface area contributed by atoms with E-state index < -0.39 is 59.6 Å². The number of benzene rings is 2. The number of likely N-dealkylation sites (tertiary alicyclic amines) is 1. The summed E-state index contributed by atoms with van der Waals surface area (Å²) in [6, 6.07) is 11.9. The van der Waals surface area contributed by atoms with Gasteiger partial charge in [0.15, 0.2) is 17.6 Å². The summed E-state index contributed by atoms with van der Waals surface area (Å²) in [5.74, 6) is -2.36. The third kappa shape index (κ3) is 5.60. The standard InChI is InChI=1S/C36H41NO11/c1-20(2)19-44-28(39)18-26(45-21(3)38)33(40)48-30(22-9-7-6-8-10-22)34(41)46-25-13-14-36(42)27-17-23-11-12-24(43-5)31-29(23)35(36,32(25)47-31)15-16-37(27)4/h6-13,20,26-27,30,32,42H,14-19H2,1-5H3/t26-,27+,30-,32-,35-,36+/m0/s1. The summed E-state index contributed by atoms with van der Waals surface area (Å²) in [5, 5.41) is 12.5. The molecule has 2 aliphatic heterocycles. The number of carbonyl (C=O) groups excluding carboxylic acids is 4. The Labute approximate surface area is 278 Å². The fourth-order valence-electron chi connectivity index (χ4n) is 7.67. The SMILES string of the molecule is COc1ccc2c3c1O[C@H]1C(OC(=O)[C@@H](OC(=O)[C@H](CC(=O)OCC(C)C)OC(C)=O)c4ccccc4)=CC[C@@]4(O)[C@@H](C2)N(C)CC[C@]314. The van der Waals surface area contributed by atoms with Crippen LogP contribution in [-0.2, 0) is 50.0 Å². The number of aliphatic hydroxyl groups is 1. The highest BCUT2D eigenvalue weighted by molar-refractivity contribution is 5.87. The Hall–Kier alpha value is -4.42. The number of piperidine rings is 1. The smallest absolute Gasteiger partial charge is 0.357 e. The van der Waals surface area contributed by atoms with Crippen LogP contribution in [0, 0.1) is 5.92 Å². The molecule has 12 heteroatoms. The summed E-state index contributed by atoms with van der Waals surface area (Å²) in [6.45, 7) is 5.60. The molecule has 256 valence electrons. The van der Waals surface area contributed by atoms with Crippen molar-refractivity contribution in [1.29, 1.82) is 0 Å². The first-order valence-corrected chi connectivity index (χ1v) is 16.2. The summed E-state index contributed by atoms with van der Waals surface area (Å²) >= 11 is 0. The second-order valence-electron chi connectivity index (χ2n) is 13.3. The zero-order valence-electron chi connectivity index (χ0n) is 27.7. The fraction of sp³-hybridized carbons (Fsp3) is 0.500. The van der Waals surface area contributed by atoms with Crippen LogP contribution in [-0.4, -0.2) is 85.0 Å². The van der Waals surface area contributed by atoms with E-state index in [-0.39, 0.29) is 30.7 Å². The Bertz CT molecular complexity index is 1640. The lowest BCUT2D eigenvalue weighted by Gasteiger charge is -2.61. The van der Waals surface area contributed by atoms with Crippen LogP contribution in [0.25, 0.3) is 0 Å². The van der Waals surface area contributed by atoms with Crippen molar-refractivity contribution in [2.45, 2.75) is 81.8 Å². The molecule has 0 saturated carbocycles. The molecule has 2 bridgehead atoms. The van der Waals surface area contributed by atoms with E-state index in [1.165, 1.54) is 0 Å². The summed E-state index contributed by atoms with van der Waals surface area (Å²) in [6.07, 6.45) is -1.66. The highest BCUT2D eigenvalue weighted by atomic mass is 16.6. The second-order valence-corrected chi connectivity index (χ2v) is 13.3. The number of hydrogen-bond donors (Lipinski definition) is 1. The largest absolute Gasteiger partial charge is 0.493 e. The lowest BCUT2D eigenvalue weighted by molar-refractivity contribution is -0.183. The first kappa shape index (κ1) is 33.5. The number of methoxy groups -OCH3 is 1. The summed E-state index contributed by atoms with van der Waals surface area (Å²) in [7, 11) is 3.55.